The lowest BCUT2D eigenvalue weighted by molar-refractivity contribution is -0.116. The number of para-hydroxylation sites is 1. The van der Waals surface area contributed by atoms with Gasteiger partial charge in [-0.3, -0.25) is 4.79 Å². The number of fused-ring (bicyclic) bond motifs is 1. The lowest BCUT2D eigenvalue weighted by Crippen LogP contribution is -2.12. The lowest BCUT2D eigenvalue weighted by atomic mass is 10.1. The molecule has 2 heterocycles. The van der Waals surface area contributed by atoms with Crippen molar-refractivity contribution in [3.8, 4) is 0 Å². The van der Waals surface area contributed by atoms with Crippen molar-refractivity contribution in [2.75, 3.05) is 5.32 Å². The number of carbonyl (C=O) groups is 1. The molecule has 2 N–H and O–H groups in total. The first-order valence-electron chi connectivity index (χ1n) is 6.69. The second-order valence-electron chi connectivity index (χ2n) is 4.77. The Balaban J connectivity index is 1.63. The van der Waals surface area contributed by atoms with Crippen LogP contribution in [0.15, 0.2) is 48.8 Å². The first-order chi connectivity index (χ1) is 10.2. The summed E-state index contributed by atoms with van der Waals surface area (Å²) in [4.78, 5) is 19.1. The number of aromatic nitrogens is 2. The number of carbonyl (C=O) groups excluding carboxylic acids is 1. The third-order valence-electron chi connectivity index (χ3n) is 3.31. The Kier molecular flexibility index (Phi) is 3.88. The van der Waals surface area contributed by atoms with E-state index in [1.54, 1.807) is 18.3 Å². The average Bonchev–Trinajstić information content (AvgIpc) is 2.88. The van der Waals surface area contributed by atoms with Crippen molar-refractivity contribution in [2.24, 2.45) is 0 Å². The quantitative estimate of drug-likeness (QED) is 0.720. The molecule has 0 atom stereocenters. The number of benzene rings is 1. The second kappa shape index (κ2) is 5.97. The molecule has 0 unspecified atom stereocenters. The van der Waals surface area contributed by atoms with Crippen LogP contribution in [0.2, 0.25) is 5.15 Å². The highest BCUT2D eigenvalue weighted by Crippen LogP contribution is 2.19. The number of amides is 1. The van der Waals surface area contributed by atoms with Crippen LogP contribution in [0.3, 0.4) is 0 Å². The summed E-state index contributed by atoms with van der Waals surface area (Å²) in [6.07, 6.45) is 4.63. The minimum Gasteiger partial charge on any atom is -0.361 e. The Morgan fingerprint density at radius 2 is 2.14 bits per heavy atom. The molecule has 0 radical (unpaired) electrons. The largest absolute Gasteiger partial charge is 0.361 e. The zero-order chi connectivity index (χ0) is 14.7. The number of rotatable bonds is 4. The van der Waals surface area contributed by atoms with Crippen molar-refractivity contribution in [3.05, 3.63) is 59.5 Å². The lowest BCUT2D eigenvalue weighted by Gasteiger charge is -2.05. The summed E-state index contributed by atoms with van der Waals surface area (Å²) in [5.74, 6) is -0.0393. The van der Waals surface area contributed by atoms with E-state index in [1.165, 1.54) is 0 Å². The molecule has 21 heavy (non-hydrogen) atoms. The molecule has 0 aliphatic heterocycles. The smallest absolute Gasteiger partial charge is 0.224 e. The fourth-order valence-electron chi connectivity index (χ4n) is 2.29. The summed E-state index contributed by atoms with van der Waals surface area (Å²) in [5, 5.41) is 4.35. The fraction of sp³-hybridized carbons (Fsp3) is 0.125. The summed E-state index contributed by atoms with van der Waals surface area (Å²) in [5.41, 5.74) is 2.90. The topological polar surface area (TPSA) is 57.8 Å². The molecule has 2 aromatic heterocycles. The van der Waals surface area contributed by atoms with Crippen LogP contribution in [0.4, 0.5) is 5.69 Å². The van der Waals surface area contributed by atoms with Gasteiger partial charge in [0.1, 0.15) is 5.15 Å². The highest BCUT2D eigenvalue weighted by atomic mass is 35.5. The third kappa shape index (κ3) is 3.23. The van der Waals surface area contributed by atoms with E-state index in [-0.39, 0.29) is 5.91 Å². The van der Waals surface area contributed by atoms with Crippen LogP contribution in [0.1, 0.15) is 12.0 Å². The predicted molar refractivity (Wildman–Crippen MR) is 84.5 cm³/mol. The second-order valence-corrected chi connectivity index (χ2v) is 5.16. The summed E-state index contributed by atoms with van der Waals surface area (Å²) < 4.78 is 0. The summed E-state index contributed by atoms with van der Waals surface area (Å²) in [7, 11) is 0. The minimum atomic E-state index is -0.0393. The van der Waals surface area contributed by atoms with Crippen LogP contribution < -0.4 is 5.32 Å². The number of halogens is 1. The molecule has 0 saturated heterocycles. The van der Waals surface area contributed by atoms with Gasteiger partial charge in [-0.15, -0.1) is 0 Å². The van der Waals surface area contributed by atoms with Crippen molar-refractivity contribution >= 4 is 34.1 Å². The number of pyridine rings is 1. The molecule has 0 aliphatic carbocycles. The SMILES string of the molecule is O=C(CCc1c[nH]c2ccccc12)Nc1ccnc(Cl)c1. The van der Waals surface area contributed by atoms with E-state index in [9.17, 15) is 4.79 Å². The van der Waals surface area contributed by atoms with Crippen LogP contribution in [-0.4, -0.2) is 15.9 Å². The predicted octanol–water partition coefficient (Wildman–Crippen LogP) is 3.79. The van der Waals surface area contributed by atoms with Crippen molar-refractivity contribution in [3.63, 3.8) is 0 Å². The first-order valence-corrected chi connectivity index (χ1v) is 7.06. The molecular formula is C16H14ClN3O. The van der Waals surface area contributed by atoms with Crippen LogP contribution in [0.5, 0.6) is 0 Å². The summed E-state index contributed by atoms with van der Waals surface area (Å²) >= 11 is 5.79. The van der Waals surface area contributed by atoms with Crippen LogP contribution in [0.25, 0.3) is 10.9 Å². The fourth-order valence-corrected chi connectivity index (χ4v) is 2.46. The Morgan fingerprint density at radius 1 is 1.29 bits per heavy atom. The molecule has 1 aromatic carbocycles. The van der Waals surface area contributed by atoms with E-state index >= 15 is 0 Å². The van der Waals surface area contributed by atoms with E-state index < -0.39 is 0 Å². The van der Waals surface area contributed by atoms with E-state index in [2.05, 4.69) is 21.4 Å². The molecule has 0 saturated carbocycles. The van der Waals surface area contributed by atoms with Gasteiger partial charge >= 0.3 is 0 Å². The number of hydrogen-bond donors (Lipinski definition) is 2. The molecular weight excluding hydrogens is 286 g/mol. The summed E-state index contributed by atoms with van der Waals surface area (Å²) in [6.45, 7) is 0. The van der Waals surface area contributed by atoms with Gasteiger partial charge in [-0.25, -0.2) is 4.98 Å². The summed E-state index contributed by atoms with van der Waals surface area (Å²) in [6, 6.07) is 11.4. The highest BCUT2D eigenvalue weighted by molar-refractivity contribution is 6.29. The van der Waals surface area contributed by atoms with Gasteiger partial charge in [-0.1, -0.05) is 29.8 Å². The molecule has 0 bridgehead atoms. The maximum absolute atomic E-state index is 12.0. The monoisotopic (exact) mass is 299 g/mol. The van der Waals surface area contributed by atoms with Gasteiger partial charge in [-0.05, 0) is 30.2 Å². The van der Waals surface area contributed by atoms with Crippen molar-refractivity contribution in [2.45, 2.75) is 12.8 Å². The number of aryl methyl sites for hydroxylation is 1. The number of H-pyrrole nitrogens is 1. The van der Waals surface area contributed by atoms with E-state index in [0.717, 1.165) is 16.5 Å². The van der Waals surface area contributed by atoms with Crippen molar-refractivity contribution < 1.29 is 4.79 Å². The molecule has 0 aliphatic rings. The number of hydrogen-bond acceptors (Lipinski definition) is 2. The van der Waals surface area contributed by atoms with Gasteiger partial charge in [0, 0.05) is 35.4 Å². The highest BCUT2D eigenvalue weighted by Gasteiger charge is 2.07. The number of nitrogens with one attached hydrogen (secondary N) is 2. The van der Waals surface area contributed by atoms with Gasteiger partial charge in [0.05, 0.1) is 0 Å². The Bertz CT molecular complexity index is 782. The van der Waals surface area contributed by atoms with Crippen LogP contribution in [0, 0.1) is 0 Å². The van der Waals surface area contributed by atoms with Gasteiger partial charge in [0.15, 0.2) is 0 Å². The maximum atomic E-state index is 12.0. The van der Waals surface area contributed by atoms with E-state index in [0.29, 0.717) is 23.7 Å². The molecule has 3 rings (SSSR count). The Hall–Kier alpha value is -2.33. The van der Waals surface area contributed by atoms with Crippen LogP contribution >= 0.6 is 11.6 Å². The van der Waals surface area contributed by atoms with E-state index in [1.807, 2.05) is 24.4 Å². The zero-order valence-electron chi connectivity index (χ0n) is 11.3. The maximum Gasteiger partial charge on any atom is 0.224 e. The number of anilines is 1. The first kappa shape index (κ1) is 13.6. The minimum absolute atomic E-state index is 0.0393. The van der Waals surface area contributed by atoms with Gasteiger partial charge < -0.3 is 10.3 Å². The third-order valence-corrected chi connectivity index (χ3v) is 3.51. The van der Waals surface area contributed by atoms with Crippen molar-refractivity contribution in [1.29, 1.82) is 0 Å². The standard InChI is InChI=1S/C16H14ClN3O/c17-15-9-12(7-8-18-15)20-16(21)6-5-11-10-19-14-4-2-1-3-13(11)14/h1-4,7-10,19H,5-6H2,(H,18,20,21). The molecule has 1 amide bonds. The molecule has 0 spiro atoms. The molecule has 0 fully saturated rings. The van der Waals surface area contributed by atoms with E-state index in [4.69, 9.17) is 11.6 Å². The Labute approximate surface area is 127 Å². The molecule has 5 heteroatoms. The van der Waals surface area contributed by atoms with Gasteiger partial charge in [-0.2, -0.15) is 0 Å². The molecule has 3 aromatic rings. The number of nitrogens with zero attached hydrogens (tertiary/aromatic N) is 1. The molecule has 4 nitrogen and oxygen atoms in total. The normalized spacial score (nSPS) is 10.7. The van der Waals surface area contributed by atoms with Gasteiger partial charge in [0.2, 0.25) is 5.91 Å². The zero-order valence-corrected chi connectivity index (χ0v) is 12.0. The van der Waals surface area contributed by atoms with Crippen LogP contribution in [-0.2, 0) is 11.2 Å². The average molecular weight is 300 g/mol. The number of aromatic amines is 1. The van der Waals surface area contributed by atoms with Gasteiger partial charge in [0.25, 0.3) is 0 Å². The molecule has 106 valence electrons. The van der Waals surface area contributed by atoms with Crippen molar-refractivity contribution in [1.82, 2.24) is 9.97 Å². The Morgan fingerprint density at radius 3 is 3.00 bits per heavy atom.